The van der Waals surface area contributed by atoms with Gasteiger partial charge in [0.1, 0.15) is 10.8 Å². The number of pyridine rings is 1. The minimum atomic E-state index is -4.35. The lowest BCUT2D eigenvalue weighted by Gasteiger charge is -2.35. The van der Waals surface area contributed by atoms with E-state index in [1.54, 1.807) is 11.3 Å². The van der Waals surface area contributed by atoms with E-state index >= 15 is 0 Å². The Morgan fingerprint density at radius 1 is 1.00 bits per heavy atom. The highest BCUT2D eigenvalue weighted by Crippen LogP contribution is 2.29. The summed E-state index contributed by atoms with van der Waals surface area (Å²) in [5.74, 6) is 0.591. The average molecular weight is 418 g/mol. The van der Waals surface area contributed by atoms with Crippen molar-refractivity contribution in [2.75, 3.05) is 31.1 Å². The largest absolute Gasteiger partial charge is 0.417 e. The van der Waals surface area contributed by atoms with Crippen molar-refractivity contribution in [3.8, 4) is 10.6 Å². The molecule has 0 amide bonds. The van der Waals surface area contributed by atoms with Crippen LogP contribution >= 0.6 is 11.3 Å². The fourth-order valence-corrected chi connectivity index (χ4v) is 4.13. The van der Waals surface area contributed by atoms with Crippen LogP contribution in [0.25, 0.3) is 10.6 Å². The summed E-state index contributed by atoms with van der Waals surface area (Å²) in [4.78, 5) is 13.1. The van der Waals surface area contributed by atoms with Crippen molar-refractivity contribution < 1.29 is 13.2 Å². The molecule has 1 saturated heterocycles. The van der Waals surface area contributed by atoms with Gasteiger partial charge in [0.05, 0.1) is 11.3 Å². The fourth-order valence-electron chi connectivity index (χ4n) is 3.31. The number of thiazole rings is 1. The molecule has 0 atom stereocenters. The van der Waals surface area contributed by atoms with Gasteiger partial charge in [-0.05, 0) is 19.1 Å². The van der Waals surface area contributed by atoms with Crippen LogP contribution in [0.3, 0.4) is 0 Å². The minimum Gasteiger partial charge on any atom is -0.354 e. The molecule has 1 aliphatic heterocycles. The lowest BCUT2D eigenvalue weighted by atomic mass is 10.2. The SMILES string of the molecule is Cc1ccc(-c2nc(CN3CCN(c4ccc(C(F)(F)F)cn4)CC3)cs2)cc1. The first-order valence-electron chi connectivity index (χ1n) is 9.40. The summed E-state index contributed by atoms with van der Waals surface area (Å²) in [6.45, 7) is 5.94. The van der Waals surface area contributed by atoms with E-state index in [0.717, 1.165) is 61.3 Å². The Hall–Kier alpha value is -2.45. The first-order valence-corrected chi connectivity index (χ1v) is 10.3. The maximum Gasteiger partial charge on any atom is 0.417 e. The maximum atomic E-state index is 12.7. The summed E-state index contributed by atoms with van der Waals surface area (Å²) in [5.41, 5.74) is 2.69. The molecule has 1 fully saturated rings. The van der Waals surface area contributed by atoms with Crippen LogP contribution in [0, 0.1) is 6.92 Å². The van der Waals surface area contributed by atoms with Gasteiger partial charge in [-0.3, -0.25) is 4.90 Å². The molecular weight excluding hydrogens is 397 g/mol. The predicted molar refractivity (Wildman–Crippen MR) is 109 cm³/mol. The second-order valence-electron chi connectivity index (χ2n) is 7.18. The molecule has 2 aromatic heterocycles. The normalized spacial score (nSPS) is 15.7. The summed E-state index contributed by atoms with van der Waals surface area (Å²) in [6, 6.07) is 10.9. The molecule has 0 saturated carbocycles. The Bertz CT molecular complexity index is 943. The van der Waals surface area contributed by atoms with Gasteiger partial charge in [-0.2, -0.15) is 13.2 Å². The van der Waals surface area contributed by atoms with Gasteiger partial charge in [-0.25, -0.2) is 9.97 Å². The number of rotatable bonds is 4. The highest BCUT2D eigenvalue weighted by Gasteiger charge is 2.31. The zero-order valence-corrected chi connectivity index (χ0v) is 16.8. The van der Waals surface area contributed by atoms with Crippen molar-refractivity contribution in [3.05, 3.63) is 64.8 Å². The van der Waals surface area contributed by atoms with Crippen molar-refractivity contribution in [2.24, 2.45) is 0 Å². The van der Waals surface area contributed by atoms with Crippen molar-refractivity contribution in [1.82, 2.24) is 14.9 Å². The van der Waals surface area contributed by atoms with Crippen LogP contribution < -0.4 is 4.90 Å². The number of piperazine rings is 1. The highest BCUT2D eigenvalue weighted by atomic mass is 32.1. The van der Waals surface area contributed by atoms with E-state index in [1.807, 2.05) is 4.90 Å². The van der Waals surface area contributed by atoms with Crippen molar-refractivity contribution >= 4 is 17.2 Å². The van der Waals surface area contributed by atoms with Gasteiger partial charge in [0.15, 0.2) is 0 Å². The standard InChI is InChI=1S/C21H21F3N4S/c1-15-2-4-16(5-3-15)20-26-18(14-29-20)13-27-8-10-28(11-9-27)19-7-6-17(12-25-19)21(22,23)24/h2-7,12,14H,8-11,13H2,1H3. The van der Waals surface area contributed by atoms with Crippen molar-refractivity contribution in [2.45, 2.75) is 19.6 Å². The monoisotopic (exact) mass is 418 g/mol. The topological polar surface area (TPSA) is 32.3 Å². The van der Waals surface area contributed by atoms with Gasteiger partial charge in [-0.1, -0.05) is 29.8 Å². The van der Waals surface area contributed by atoms with Gasteiger partial charge in [-0.15, -0.1) is 11.3 Å². The Kier molecular flexibility index (Phi) is 5.56. The molecule has 0 aliphatic carbocycles. The number of alkyl halides is 3. The molecule has 4 nitrogen and oxygen atoms in total. The zero-order chi connectivity index (χ0) is 20.4. The van der Waals surface area contributed by atoms with Crippen molar-refractivity contribution in [1.29, 1.82) is 0 Å². The molecule has 0 spiro atoms. The van der Waals surface area contributed by atoms with Crippen LogP contribution in [-0.4, -0.2) is 41.0 Å². The highest BCUT2D eigenvalue weighted by molar-refractivity contribution is 7.13. The Labute approximate surface area is 171 Å². The first-order chi connectivity index (χ1) is 13.9. The molecule has 0 radical (unpaired) electrons. The third-order valence-corrected chi connectivity index (χ3v) is 5.95. The molecule has 152 valence electrons. The number of hydrogen-bond donors (Lipinski definition) is 0. The van der Waals surface area contributed by atoms with Crippen LogP contribution in [0.15, 0.2) is 48.0 Å². The Morgan fingerprint density at radius 3 is 2.34 bits per heavy atom. The number of aryl methyl sites for hydroxylation is 1. The first kappa shape index (κ1) is 19.8. The van der Waals surface area contributed by atoms with E-state index in [0.29, 0.717) is 5.82 Å². The Balaban J connectivity index is 1.33. The summed E-state index contributed by atoms with van der Waals surface area (Å²) in [7, 11) is 0. The van der Waals surface area contributed by atoms with Gasteiger partial charge in [0.2, 0.25) is 0 Å². The number of halogens is 3. The third-order valence-electron chi connectivity index (χ3n) is 5.01. The minimum absolute atomic E-state index is 0.591. The molecular formula is C21H21F3N4S. The number of benzene rings is 1. The summed E-state index contributed by atoms with van der Waals surface area (Å²) >= 11 is 1.65. The molecule has 0 N–H and O–H groups in total. The second-order valence-corrected chi connectivity index (χ2v) is 8.03. The molecule has 1 aliphatic rings. The molecule has 0 unspecified atom stereocenters. The van der Waals surface area contributed by atoms with Crippen LogP contribution in [0.1, 0.15) is 16.8 Å². The van der Waals surface area contributed by atoms with Gasteiger partial charge in [0.25, 0.3) is 0 Å². The van der Waals surface area contributed by atoms with E-state index in [4.69, 9.17) is 4.98 Å². The van der Waals surface area contributed by atoms with Gasteiger partial charge >= 0.3 is 6.18 Å². The molecule has 8 heteroatoms. The zero-order valence-electron chi connectivity index (χ0n) is 16.0. The van der Waals surface area contributed by atoms with E-state index in [-0.39, 0.29) is 0 Å². The van der Waals surface area contributed by atoms with E-state index in [1.165, 1.54) is 11.6 Å². The van der Waals surface area contributed by atoms with E-state index < -0.39 is 11.7 Å². The van der Waals surface area contributed by atoms with E-state index in [9.17, 15) is 13.2 Å². The quantitative estimate of drug-likeness (QED) is 0.606. The summed E-state index contributed by atoms with van der Waals surface area (Å²) in [6.07, 6.45) is -3.45. The maximum absolute atomic E-state index is 12.7. The molecule has 29 heavy (non-hydrogen) atoms. The fraction of sp³-hybridized carbons (Fsp3) is 0.333. The van der Waals surface area contributed by atoms with Crippen LogP contribution in [0.5, 0.6) is 0 Å². The second kappa shape index (κ2) is 8.12. The number of hydrogen-bond acceptors (Lipinski definition) is 5. The van der Waals surface area contributed by atoms with Gasteiger partial charge < -0.3 is 4.90 Å². The Morgan fingerprint density at radius 2 is 1.72 bits per heavy atom. The molecule has 0 bridgehead atoms. The molecule has 1 aromatic carbocycles. The molecule has 3 aromatic rings. The van der Waals surface area contributed by atoms with Crippen LogP contribution in [-0.2, 0) is 12.7 Å². The van der Waals surface area contributed by atoms with Crippen LogP contribution in [0.2, 0.25) is 0 Å². The molecule has 4 rings (SSSR count). The molecule has 3 heterocycles. The number of anilines is 1. The lowest BCUT2D eigenvalue weighted by Crippen LogP contribution is -2.46. The summed E-state index contributed by atoms with van der Waals surface area (Å²) < 4.78 is 38.0. The van der Waals surface area contributed by atoms with Gasteiger partial charge in [0, 0.05) is 49.9 Å². The number of aromatic nitrogens is 2. The lowest BCUT2D eigenvalue weighted by molar-refractivity contribution is -0.137. The van der Waals surface area contributed by atoms with Crippen LogP contribution in [0.4, 0.5) is 19.0 Å². The van der Waals surface area contributed by atoms with Crippen molar-refractivity contribution in [3.63, 3.8) is 0 Å². The third kappa shape index (κ3) is 4.76. The average Bonchev–Trinajstić information content (AvgIpc) is 3.17. The summed E-state index contributed by atoms with van der Waals surface area (Å²) in [5, 5.41) is 3.12. The predicted octanol–water partition coefficient (Wildman–Crippen LogP) is 4.85. The van der Waals surface area contributed by atoms with E-state index in [2.05, 4.69) is 46.5 Å². The smallest absolute Gasteiger partial charge is 0.354 e. The number of nitrogens with zero attached hydrogens (tertiary/aromatic N) is 4.